The molecule has 8 nitrogen and oxygen atoms in total. The van der Waals surface area contributed by atoms with Gasteiger partial charge in [-0.1, -0.05) is 23.7 Å². The van der Waals surface area contributed by atoms with Gasteiger partial charge in [-0.25, -0.2) is 4.68 Å². The molecule has 0 atom stereocenters. The molecule has 0 aliphatic carbocycles. The number of carbonyl (C=O) groups excluding carboxylic acids is 1. The number of aromatic nitrogens is 2. The minimum atomic E-state index is -0.645. The van der Waals surface area contributed by atoms with Crippen molar-refractivity contribution in [2.75, 3.05) is 5.32 Å². The maximum absolute atomic E-state index is 12.3. The van der Waals surface area contributed by atoms with E-state index in [1.165, 1.54) is 22.9 Å². The smallest absolute Gasteiger partial charge is 0.288 e. The number of amides is 1. The Balaban J connectivity index is 1.79. The predicted octanol–water partition coefficient (Wildman–Crippen LogP) is 3.26. The summed E-state index contributed by atoms with van der Waals surface area (Å²) in [6.07, 6.45) is 0. The highest BCUT2D eigenvalue weighted by Gasteiger charge is 2.16. The molecule has 9 heteroatoms. The van der Waals surface area contributed by atoms with E-state index in [-0.39, 0.29) is 21.8 Å². The van der Waals surface area contributed by atoms with Crippen molar-refractivity contribution in [3.05, 3.63) is 85.7 Å². The monoisotopic (exact) mass is 384 g/mol. The normalized spacial score (nSPS) is 10.4. The Hall–Kier alpha value is -3.52. The molecule has 0 saturated heterocycles. The van der Waals surface area contributed by atoms with Crippen LogP contribution in [0.4, 0.5) is 11.4 Å². The Morgan fingerprint density at radius 3 is 2.48 bits per heavy atom. The number of nitrogens with one attached hydrogen (secondary N) is 1. The summed E-state index contributed by atoms with van der Waals surface area (Å²) in [6.45, 7) is 0. The lowest BCUT2D eigenvalue weighted by Gasteiger charge is -2.07. The molecule has 0 aliphatic rings. The molecule has 0 radical (unpaired) electrons. The van der Waals surface area contributed by atoms with E-state index in [0.717, 1.165) is 11.6 Å². The summed E-state index contributed by atoms with van der Waals surface area (Å²) >= 11 is 5.75. The maximum Gasteiger partial charge on any atom is 0.288 e. The third-order valence-electron chi connectivity index (χ3n) is 3.80. The van der Waals surface area contributed by atoms with Crippen molar-refractivity contribution in [2.45, 2.75) is 0 Å². The highest BCUT2D eigenvalue weighted by Crippen LogP contribution is 2.26. The van der Waals surface area contributed by atoms with Gasteiger partial charge in [0.2, 0.25) is 0 Å². The SMILES string of the molecule is Cn1nc(-c2ccc(NC(=O)c3ccc(Cl)c([N+](=O)[O-])c3)cc2)ccc1=O. The second-order valence-electron chi connectivity index (χ2n) is 5.64. The summed E-state index contributed by atoms with van der Waals surface area (Å²) in [7, 11) is 1.56. The number of aryl methyl sites for hydroxylation is 1. The van der Waals surface area contributed by atoms with Crippen LogP contribution < -0.4 is 10.9 Å². The molecule has 0 aliphatic heterocycles. The molecule has 3 rings (SSSR count). The van der Waals surface area contributed by atoms with E-state index in [0.29, 0.717) is 11.4 Å². The van der Waals surface area contributed by atoms with Gasteiger partial charge in [0.25, 0.3) is 17.2 Å². The standard InChI is InChI=1S/C18H13ClN4O4/c1-22-17(24)9-8-15(21-22)11-2-5-13(6-3-11)20-18(25)12-4-7-14(19)16(10-12)23(26)27/h2-10H,1H3,(H,20,25). The number of carbonyl (C=O) groups is 1. The van der Waals surface area contributed by atoms with Gasteiger partial charge < -0.3 is 5.32 Å². The molecule has 0 bridgehead atoms. The minimum absolute atomic E-state index is 0.0364. The Kier molecular flexibility index (Phi) is 5.00. The number of halogens is 1. The van der Waals surface area contributed by atoms with Crippen LogP contribution in [0.15, 0.2) is 59.4 Å². The first-order valence-corrected chi connectivity index (χ1v) is 8.13. The Morgan fingerprint density at radius 1 is 1.15 bits per heavy atom. The van der Waals surface area contributed by atoms with E-state index < -0.39 is 10.8 Å². The van der Waals surface area contributed by atoms with Crippen LogP contribution >= 0.6 is 11.6 Å². The first-order valence-electron chi connectivity index (χ1n) is 7.75. The molecule has 27 heavy (non-hydrogen) atoms. The number of anilines is 1. The van der Waals surface area contributed by atoms with Crippen molar-refractivity contribution >= 4 is 28.9 Å². The fourth-order valence-corrected chi connectivity index (χ4v) is 2.56. The first kappa shape index (κ1) is 18.3. The number of hydrogen-bond acceptors (Lipinski definition) is 5. The summed E-state index contributed by atoms with van der Waals surface area (Å²) < 4.78 is 1.23. The summed E-state index contributed by atoms with van der Waals surface area (Å²) in [5.74, 6) is -0.497. The average Bonchev–Trinajstić information content (AvgIpc) is 2.64. The predicted molar refractivity (Wildman–Crippen MR) is 101 cm³/mol. The highest BCUT2D eigenvalue weighted by molar-refractivity contribution is 6.32. The van der Waals surface area contributed by atoms with E-state index in [1.807, 2.05) is 0 Å². The van der Waals surface area contributed by atoms with Crippen LogP contribution in [-0.2, 0) is 7.05 Å². The summed E-state index contributed by atoms with van der Waals surface area (Å²) in [6, 6.07) is 13.7. The van der Waals surface area contributed by atoms with Gasteiger partial charge in [0.1, 0.15) is 5.02 Å². The third-order valence-corrected chi connectivity index (χ3v) is 4.12. The largest absolute Gasteiger partial charge is 0.322 e. The number of nitro groups is 1. The molecular formula is C18H13ClN4O4. The van der Waals surface area contributed by atoms with Crippen LogP contribution in [0.1, 0.15) is 10.4 Å². The zero-order valence-electron chi connectivity index (χ0n) is 14.0. The van der Waals surface area contributed by atoms with Crippen molar-refractivity contribution in [3.8, 4) is 11.3 Å². The highest BCUT2D eigenvalue weighted by atomic mass is 35.5. The lowest BCUT2D eigenvalue weighted by molar-refractivity contribution is -0.384. The molecule has 1 amide bonds. The Labute approximate surface area is 158 Å². The van der Waals surface area contributed by atoms with Crippen LogP contribution in [0.5, 0.6) is 0 Å². The molecule has 1 aromatic heterocycles. The molecule has 2 aromatic carbocycles. The molecule has 0 unspecified atom stereocenters. The number of benzene rings is 2. The second-order valence-corrected chi connectivity index (χ2v) is 6.04. The fraction of sp³-hybridized carbons (Fsp3) is 0.0556. The van der Waals surface area contributed by atoms with Gasteiger partial charge in [-0.3, -0.25) is 19.7 Å². The van der Waals surface area contributed by atoms with Crippen molar-refractivity contribution in [1.29, 1.82) is 0 Å². The van der Waals surface area contributed by atoms with Gasteiger partial charge in [-0.05, 0) is 30.3 Å². The number of nitrogens with zero attached hydrogens (tertiary/aromatic N) is 3. The van der Waals surface area contributed by atoms with E-state index in [9.17, 15) is 19.7 Å². The molecule has 136 valence electrons. The quantitative estimate of drug-likeness (QED) is 0.548. The summed E-state index contributed by atoms with van der Waals surface area (Å²) in [5, 5.41) is 17.7. The van der Waals surface area contributed by atoms with Gasteiger partial charge in [0.15, 0.2) is 0 Å². The topological polar surface area (TPSA) is 107 Å². The van der Waals surface area contributed by atoms with Crippen molar-refractivity contribution in [3.63, 3.8) is 0 Å². The number of hydrogen-bond donors (Lipinski definition) is 1. The van der Waals surface area contributed by atoms with Crippen LogP contribution in [0.25, 0.3) is 11.3 Å². The average molecular weight is 385 g/mol. The number of rotatable bonds is 4. The van der Waals surface area contributed by atoms with Crippen LogP contribution in [-0.4, -0.2) is 20.6 Å². The van der Waals surface area contributed by atoms with Crippen molar-refractivity contribution in [2.24, 2.45) is 7.05 Å². The Morgan fingerprint density at radius 2 is 1.85 bits per heavy atom. The molecular weight excluding hydrogens is 372 g/mol. The van der Waals surface area contributed by atoms with Crippen LogP contribution in [0, 0.1) is 10.1 Å². The first-order chi connectivity index (χ1) is 12.8. The van der Waals surface area contributed by atoms with Gasteiger partial charge in [0, 0.05) is 36.0 Å². The zero-order chi connectivity index (χ0) is 19.6. The Bertz CT molecular complexity index is 1090. The number of nitro benzene ring substituents is 1. The van der Waals surface area contributed by atoms with E-state index >= 15 is 0 Å². The third kappa shape index (κ3) is 4.01. The van der Waals surface area contributed by atoms with Gasteiger partial charge in [-0.15, -0.1) is 0 Å². The van der Waals surface area contributed by atoms with Crippen LogP contribution in [0.2, 0.25) is 5.02 Å². The van der Waals surface area contributed by atoms with Gasteiger partial charge >= 0.3 is 0 Å². The second kappa shape index (κ2) is 7.38. The van der Waals surface area contributed by atoms with E-state index in [2.05, 4.69) is 10.4 Å². The summed E-state index contributed by atoms with van der Waals surface area (Å²) in [5.41, 5.74) is 1.47. The molecule has 0 fully saturated rings. The molecule has 1 N–H and O–H groups in total. The van der Waals surface area contributed by atoms with Crippen molar-refractivity contribution < 1.29 is 9.72 Å². The lowest BCUT2D eigenvalue weighted by atomic mass is 10.1. The molecule has 1 heterocycles. The lowest BCUT2D eigenvalue weighted by Crippen LogP contribution is -2.18. The van der Waals surface area contributed by atoms with E-state index in [1.54, 1.807) is 37.4 Å². The van der Waals surface area contributed by atoms with Crippen LogP contribution in [0.3, 0.4) is 0 Å². The molecule has 3 aromatic rings. The maximum atomic E-state index is 12.3. The molecule has 0 spiro atoms. The van der Waals surface area contributed by atoms with Gasteiger partial charge in [0.05, 0.1) is 10.6 Å². The fourth-order valence-electron chi connectivity index (χ4n) is 2.38. The molecule has 0 saturated carbocycles. The van der Waals surface area contributed by atoms with Crippen molar-refractivity contribution in [1.82, 2.24) is 9.78 Å². The van der Waals surface area contributed by atoms with Gasteiger partial charge in [-0.2, -0.15) is 5.10 Å². The summed E-state index contributed by atoms with van der Waals surface area (Å²) in [4.78, 5) is 34.0. The zero-order valence-corrected chi connectivity index (χ0v) is 14.8. The van der Waals surface area contributed by atoms with E-state index in [4.69, 9.17) is 11.6 Å². The minimum Gasteiger partial charge on any atom is -0.322 e.